The van der Waals surface area contributed by atoms with E-state index in [1.165, 1.54) is 4.90 Å². The van der Waals surface area contributed by atoms with Crippen LogP contribution in [0.4, 0.5) is 0 Å². The van der Waals surface area contributed by atoms with Gasteiger partial charge in [0.15, 0.2) is 0 Å². The van der Waals surface area contributed by atoms with Crippen LogP contribution < -0.4 is 11.1 Å². The zero-order valence-electron chi connectivity index (χ0n) is 10.3. The lowest BCUT2D eigenvalue weighted by atomic mass is 10.1. The first kappa shape index (κ1) is 13.9. The topological polar surface area (TPSA) is 75.4 Å². The molecule has 0 unspecified atom stereocenters. The molecule has 0 bridgehead atoms. The Bertz CT molecular complexity index is 340. The van der Waals surface area contributed by atoms with Gasteiger partial charge in [-0.2, -0.15) is 0 Å². The Morgan fingerprint density at radius 3 is 2.47 bits per heavy atom. The molecule has 1 aliphatic rings. The molecule has 0 spiro atoms. The number of nitrogens with two attached hydrogens (primary N) is 1. The summed E-state index contributed by atoms with van der Waals surface area (Å²) in [5.74, 6) is -0.293. The van der Waals surface area contributed by atoms with Gasteiger partial charge in [0.1, 0.15) is 0 Å². The fourth-order valence-electron chi connectivity index (χ4n) is 1.66. The Balaban J connectivity index is 2.48. The molecule has 17 heavy (non-hydrogen) atoms. The summed E-state index contributed by atoms with van der Waals surface area (Å²) in [6.45, 7) is 2.66. The lowest BCUT2D eigenvalue weighted by Gasteiger charge is -2.22. The Labute approximate surface area is 107 Å². The maximum absolute atomic E-state index is 12.1. The molecule has 0 atom stereocenters. The number of rotatable bonds is 6. The van der Waals surface area contributed by atoms with E-state index in [2.05, 4.69) is 5.32 Å². The van der Waals surface area contributed by atoms with Crippen LogP contribution in [0.5, 0.6) is 0 Å². The van der Waals surface area contributed by atoms with E-state index in [1.807, 2.05) is 6.92 Å². The van der Waals surface area contributed by atoms with Crippen LogP contribution in [0.1, 0.15) is 26.2 Å². The van der Waals surface area contributed by atoms with E-state index in [0.29, 0.717) is 19.4 Å². The molecule has 0 aromatic rings. The van der Waals surface area contributed by atoms with Gasteiger partial charge in [0.2, 0.25) is 11.8 Å². The normalized spacial score (nSPS) is 16.1. The third-order valence-corrected chi connectivity index (χ3v) is 3.32. The number of likely N-dealkylation sites (N-methyl/N-ethyl adjacent to an activating group) is 1. The average molecular weight is 257 g/mol. The third-order valence-electron chi connectivity index (χ3n) is 2.93. The zero-order chi connectivity index (χ0) is 13.1. The summed E-state index contributed by atoms with van der Waals surface area (Å²) in [5, 5.41) is 2.72. The molecule has 0 aromatic carbocycles. The minimum absolute atomic E-state index is 0.0587. The van der Waals surface area contributed by atoms with Gasteiger partial charge in [-0.05, 0) is 19.3 Å². The van der Waals surface area contributed by atoms with Crippen molar-refractivity contribution in [3.05, 3.63) is 0 Å². The number of nitrogens with one attached hydrogen (secondary N) is 1. The fourth-order valence-corrected chi connectivity index (χ4v) is 1.95. The van der Waals surface area contributed by atoms with E-state index < -0.39 is 5.41 Å². The van der Waals surface area contributed by atoms with Crippen LogP contribution in [0, 0.1) is 5.41 Å². The van der Waals surface area contributed by atoms with E-state index >= 15 is 0 Å². The van der Waals surface area contributed by atoms with Gasteiger partial charge in [-0.25, -0.2) is 0 Å². The quantitative estimate of drug-likeness (QED) is 0.659. The molecule has 0 aliphatic heterocycles. The van der Waals surface area contributed by atoms with Gasteiger partial charge >= 0.3 is 0 Å². The molecular weight excluding hydrogens is 238 g/mol. The van der Waals surface area contributed by atoms with Crippen LogP contribution in [0.2, 0.25) is 0 Å². The predicted octanol–water partition coefficient (Wildman–Crippen LogP) is 0.0373. The molecule has 5 nitrogen and oxygen atoms in total. The molecule has 0 radical (unpaired) electrons. The van der Waals surface area contributed by atoms with Gasteiger partial charge in [-0.15, -0.1) is 0 Å². The maximum Gasteiger partial charge on any atom is 0.239 e. The van der Waals surface area contributed by atoms with Crippen LogP contribution in [0.25, 0.3) is 0 Å². The van der Waals surface area contributed by atoms with Crippen LogP contribution in [0.3, 0.4) is 0 Å². The highest BCUT2D eigenvalue weighted by molar-refractivity contribution is 7.80. The number of hydrogen-bond acceptors (Lipinski definition) is 3. The van der Waals surface area contributed by atoms with Crippen molar-refractivity contribution in [2.24, 2.45) is 11.1 Å². The molecule has 3 N–H and O–H groups in total. The van der Waals surface area contributed by atoms with Crippen LogP contribution >= 0.6 is 12.2 Å². The summed E-state index contributed by atoms with van der Waals surface area (Å²) in [4.78, 5) is 25.2. The van der Waals surface area contributed by atoms with Crippen molar-refractivity contribution < 1.29 is 9.59 Å². The van der Waals surface area contributed by atoms with Crippen molar-refractivity contribution >= 4 is 29.0 Å². The largest absolute Gasteiger partial charge is 0.392 e. The molecule has 1 aliphatic carbocycles. The SMILES string of the molecule is CCCNC(=O)CN(C)C(=O)C1(C(N)=S)CC1. The first-order valence-electron chi connectivity index (χ1n) is 5.76. The molecule has 0 saturated heterocycles. The van der Waals surface area contributed by atoms with Crippen LogP contribution in [-0.4, -0.2) is 41.8 Å². The lowest BCUT2D eigenvalue weighted by molar-refractivity contribution is -0.137. The minimum Gasteiger partial charge on any atom is -0.392 e. The fraction of sp³-hybridized carbons (Fsp3) is 0.727. The summed E-state index contributed by atoms with van der Waals surface area (Å²) < 4.78 is 0. The number of thiocarbonyl (C=S) groups is 1. The molecule has 1 rings (SSSR count). The Hall–Kier alpha value is -1.17. The highest BCUT2D eigenvalue weighted by Crippen LogP contribution is 2.47. The lowest BCUT2D eigenvalue weighted by Crippen LogP contribution is -2.45. The molecule has 0 aromatic heterocycles. The first-order chi connectivity index (χ1) is 7.94. The minimum atomic E-state index is -0.672. The van der Waals surface area contributed by atoms with Gasteiger partial charge in [-0.1, -0.05) is 19.1 Å². The first-order valence-corrected chi connectivity index (χ1v) is 6.17. The summed E-state index contributed by atoms with van der Waals surface area (Å²) in [6.07, 6.45) is 2.27. The summed E-state index contributed by atoms with van der Waals surface area (Å²) in [6, 6.07) is 0. The monoisotopic (exact) mass is 257 g/mol. The molecule has 0 heterocycles. The van der Waals surface area contributed by atoms with E-state index in [4.69, 9.17) is 18.0 Å². The van der Waals surface area contributed by atoms with Crippen molar-refractivity contribution in [1.82, 2.24) is 10.2 Å². The number of hydrogen-bond donors (Lipinski definition) is 2. The smallest absolute Gasteiger partial charge is 0.239 e. The summed E-state index contributed by atoms with van der Waals surface area (Å²) in [7, 11) is 1.60. The van der Waals surface area contributed by atoms with E-state index in [-0.39, 0.29) is 23.3 Å². The summed E-state index contributed by atoms with van der Waals surface area (Å²) in [5.41, 5.74) is 4.89. The highest BCUT2D eigenvalue weighted by atomic mass is 32.1. The number of nitrogens with zero attached hydrogens (tertiary/aromatic N) is 1. The predicted molar refractivity (Wildman–Crippen MR) is 69.4 cm³/mol. The maximum atomic E-state index is 12.1. The van der Waals surface area contributed by atoms with Crippen molar-refractivity contribution in [3.63, 3.8) is 0 Å². The molecule has 6 heteroatoms. The van der Waals surface area contributed by atoms with Crippen LogP contribution in [0.15, 0.2) is 0 Å². The Morgan fingerprint density at radius 1 is 1.47 bits per heavy atom. The Morgan fingerprint density at radius 2 is 2.06 bits per heavy atom. The molecule has 96 valence electrons. The standard InChI is InChI=1S/C11H19N3O2S/c1-3-6-13-8(15)7-14(2)10(16)11(4-5-11)9(12)17/h3-7H2,1-2H3,(H2,12,17)(H,13,15). The van der Waals surface area contributed by atoms with E-state index in [1.54, 1.807) is 7.05 Å². The second kappa shape index (κ2) is 5.44. The van der Waals surface area contributed by atoms with Gasteiger partial charge in [0.25, 0.3) is 0 Å². The molecule has 1 fully saturated rings. The number of carbonyl (C=O) groups excluding carboxylic acids is 2. The zero-order valence-corrected chi connectivity index (χ0v) is 11.1. The van der Waals surface area contributed by atoms with Crippen molar-refractivity contribution in [1.29, 1.82) is 0 Å². The number of carbonyl (C=O) groups is 2. The van der Waals surface area contributed by atoms with Crippen molar-refractivity contribution in [2.45, 2.75) is 26.2 Å². The summed E-state index contributed by atoms with van der Waals surface area (Å²) >= 11 is 4.90. The molecule has 2 amide bonds. The number of amides is 2. The third kappa shape index (κ3) is 3.15. The molecule has 1 saturated carbocycles. The van der Waals surface area contributed by atoms with E-state index in [9.17, 15) is 9.59 Å². The second-order valence-electron chi connectivity index (χ2n) is 4.46. The van der Waals surface area contributed by atoms with E-state index in [0.717, 1.165) is 6.42 Å². The Kier molecular flexibility index (Phi) is 4.45. The highest BCUT2D eigenvalue weighted by Gasteiger charge is 2.54. The van der Waals surface area contributed by atoms with Crippen molar-refractivity contribution in [3.8, 4) is 0 Å². The average Bonchev–Trinajstić information content (AvgIpc) is 3.06. The van der Waals surface area contributed by atoms with Gasteiger partial charge in [0, 0.05) is 13.6 Å². The van der Waals surface area contributed by atoms with Crippen molar-refractivity contribution in [2.75, 3.05) is 20.1 Å². The molecular formula is C11H19N3O2S. The second-order valence-corrected chi connectivity index (χ2v) is 4.90. The van der Waals surface area contributed by atoms with Gasteiger partial charge in [0.05, 0.1) is 16.9 Å². The van der Waals surface area contributed by atoms with Gasteiger partial charge < -0.3 is 16.0 Å². The van der Waals surface area contributed by atoms with Crippen LogP contribution in [-0.2, 0) is 9.59 Å². The van der Waals surface area contributed by atoms with Gasteiger partial charge in [-0.3, -0.25) is 9.59 Å².